The van der Waals surface area contributed by atoms with Crippen LogP contribution in [0.2, 0.25) is 0 Å². The summed E-state index contributed by atoms with van der Waals surface area (Å²) < 4.78 is 54.7. The number of rotatable bonds is 4. The van der Waals surface area contributed by atoms with Crippen LogP contribution < -0.4 is 5.32 Å². The third kappa shape index (κ3) is 3.62. The van der Waals surface area contributed by atoms with E-state index in [9.17, 15) is 17.6 Å². The molecule has 0 amide bonds. The van der Waals surface area contributed by atoms with Gasteiger partial charge in [0.15, 0.2) is 0 Å². The van der Waals surface area contributed by atoms with Crippen LogP contribution in [0.5, 0.6) is 0 Å². The summed E-state index contributed by atoms with van der Waals surface area (Å²) in [5.41, 5.74) is -0.0357. The van der Waals surface area contributed by atoms with Crippen LogP contribution >= 0.6 is 0 Å². The summed E-state index contributed by atoms with van der Waals surface area (Å²) in [6.45, 7) is 1.76. The lowest BCUT2D eigenvalue weighted by Crippen LogP contribution is -2.12. The van der Waals surface area contributed by atoms with Crippen LogP contribution in [0.15, 0.2) is 48.9 Å². The number of benzene rings is 1. The number of nitrogens with one attached hydrogen (secondary N) is 1. The number of alkyl halides is 3. The Hall–Kier alpha value is -2.90. The Morgan fingerprint density at radius 3 is 2.56 bits per heavy atom. The molecule has 0 aliphatic carbocycles. The average Bonchev–Trinajstić information content (AvgIpc) is 2.98. The second-order valence-electron chi connectivity index (χ2n) is 5.38. The first-order valence-electron chi connectivity index (χ1n) is 7.41. The standard InChI is InChI=1S/C17H14F4N4/c1-11-22-7-8-25(11)15-5-4-12(9-14(15)18)10-24-16-13(17(19,20)21)3-2-6-23-16/h2-9H,10H2,1H3,(H,23,24). The molecule has 130 valence electrons. The van der Waals surface area contributed by atoms with Gasteiger partial charge in [-0.05, 0) is 36.8 Å². The number of aromatic nitrogens is 3. The fourth-order valence-corrected chi connectivity index (χ4v) is 2.45. The second-order valence-corrected chi connectivity index (χ2v) is 5.38. The van der Waals surface area contributed by atoms with Gasteiger partial charge in [-0.15, -0.1) is 0 Å². The lowest BCUT2D eigenvalue weighted by atomic mass is 10.2. The molecular formula is C17H14F4N4. The van der Waals surface area contributed by atoms with Crippen LogP contribution in [0.3, 0.4) is 0 Å². The molecule has 1 N–H and O–H groups in total. The smallest absolute Gasteiger partial charge is 0.365 e. The highest BCUT2D eigenvalue weighted by molar-refractivity contribution is 5.46. The van der Waals surface area contributed by atoms with Crippen molar-refractivity contribution in [3.63, 3.8) is 0 Å². The van der Waals surface area contributed by atoms with Crippen molar-refractivity contribution in [2.24, 2.45) is 0 Å². The number of imidazole rings is 1. The van der Waals surface area contributed by atoms with Gasteiger partial charge in [0, 0.05) is 25.1 Å². The van der Waals surface area contributed by atoms with E-state index in [0.717, 1.165) is 6.07 Å². The number of hydrogen-bond acceptors (Lipinski definition) is 3. The Kier molecular flexibility index (Phi) is 4.43. The highest BCUT2D eigenvalue weighted by Crippen LogP contribution is 2.33. The third-order valence-corrected chi connectivity index (χ3v) is 3.67. The van der Waals surface area contributed by atoms with Crippen molar-refractivity contribution in [3.05, 3.63) is 71.7 Å². The van der Waals surface area contributed by atoms with E-state index < -0.39 is 17.6 Å². The third-order valence-electron chi connectivity index (χ3n) is 3.67. The van der Waals surface area contributed by atoms with Gasteiger partial charge in [0.2, 0.25) is 0 Å². The summed E-state index contributed by atoms with van der Waals surface area (Å²) >= 11 is 0. The zero-order valence-corrected chi connectivity index (χ0v) is 13.2. The van der Waals surface area contributed by atoms with Gasteiger partial charge >= 0.3 is 6.18 Å². The molecule has 0 saturated heterocycles. The highest BCUT2D eigenvalue weighted by atomic mass is 19.4. The Bertz CT molecular complexity index is 886. The summed E-state index contributed by atoms with van der Waals surface area (Å²) in [6, 6.07) is 6.64. The summed E-state index contributed by atoms with van der Waals surface area (Å²) in [6.07, 6.45) is -0.0487. The molecule has 0 aliphatic heterocycles. The molecule has 0 saturated carbocycles. The predicted molar refractivity (Wildman–Crippen MR) is 84.8 cm³/mol. The molecule has 3 aromatic rings. The first kappa shape index (κ1) is 16.9. The van der Waals surface area contributed by atoms with E-state index in [1.807, 2.05) is 0 Å². The van der Waals surface area contributed by atoms with E-state index in [2.05, 4.69) is 15.3 Å². The maximum Gasteiger partial charge on any atom is 0.419 e. The topological polar surface area (TPSA) is 42.7 Å². The van der Waals surface area contributed by atoms with Crippen LogP contribution in [-0.2, 0) is 12.7 Å². The van der Waals surface area contributed by atoms with Crippen LogP contribution in [-0.4, -0.2) is 14.5 Å². The van der Waals surface area contributed by atoms with Crippen LogP contribution in [0.4, 0.5) is 23.4 Å². The quantitative estimate of drug-likeness (QED) is 0.712. The van der Waals surface area contributed by atoms with Gasteiger partial charge in [0.25, 0.3) is 0 Å². The largest absolute Gasteiger partial charge is 0.419 e. The van der Waals surface area contributed by atoms with E-state index in [4.69, 9.17) is 0 Å². The minimum atomic E-state index is -4.51. The summed E-state index contributed by atoms with van der Waals surface area (Å²) in [5.74, 6) is -0.143. The second kappa shape index (κ2) is 6.54. The van der Waals surface area contributed by atoms with Gasteiger partial charge in [-0.25, -0.2) is 14.4 Å². The summed E-state index contributed by atoms with van der Waals surface area (Å²) in [4.78, 5) is 7.75. The van der Waals surface area contributed by atoms with Crippen molar-refractivity contribution in [2.75, 3.05) is 5.32 Å². The van der Waals surface area contributed by atoms with E-state index >= 15 is 0 Å². The Morgan fingerprint density at radius 2 is 1.92 bits per heavy atom. The van der Waals surface area contributed by atoms with Crippen LogP contribution in [0, 0.1) is 12.7 Å². The van der Waals surface area contributed by atoms with E-state index in [0.29, 0.717) is 17.1 Å². The SMILES string of the molecule is Cc1nccn1-c1ccc(CNc2ncccc2C(F)(F)F)cc1F. The molecule has 0 radical (unpaired) electrons. The van der Waals surface area contributed by atoms with Crippen molar-refractivity contribution in [1.29, 1.82) is 0 Å². The van der Waals surface area contributed by atoms with E-state index in [1.165, 1.54) is 18.3 Å². The number of aryl methyl sites for hydroxylation is 1. The molecule has 25 heavy (non-hydrogen) atoms. The number of pyridine rings is 1. The van der Waals surface area contributed by atoms with Crippen molar-refractivity contribution in [2.45, 2.75) is 19.6 Å². The molecule has 2 aromatic heterocycles. The van der Waals surface area contributed by atoms with Gasteiger partial charge in [0.1, 0.15) is 17.5 Å². The zero-order valence-electron chi connectivity index (χ0n) is 13.2. The molecule has 0 bridgehead atoms. The van der Waals surface area contributed by atoms with Crippen molar-refractivity contribution in [1.82, 2.24) is 14.5 Å². The highest BCUT2D eigenvalue weighted by Gasteiger charge is 2.33. The lowest BCUT2D eigenvalue weighted by molar-refractivity contribution is -0.137. The normalized spacial score (nSPS) is 11.6. The first-order chi connectivity index (χ1) is 11.9. The number of nitrogens with zero attached hydrogens (tertiary/aromatic N) is 3. The minimum Gasteiger partial charge on any atom is -0.365 e. The fraction of sp³-hybridized carbons (Fsp3) is 0.176. The Balaban J connectivity index is 1.80. The number of hydrogen-bond donors (Lipinski definition) is 1. The molecule has 0 atom stereocenters. The first-order valence-corrected chi connectivity index (χ1v) is 7.41. The molecular weight excluding hydrogens is 336 g/mol. The molecule has 4 nitrogen and oxygen atoms in total. The number of halogens is 4. The molecule has 3 rings (SSSR count). The van der Waals surface area contributed by atoms with Gasteiger partial charge < -0.3 is 9.88 Å². The number of anilines is 1. The van der Waals surface area contributed by atoms with Crippen molar-refractivity contribution < 1.29 is 17.6 Å². The van der Waals surface area contributed by atoms with Gasteiger partial charge in [-0.3, -0.25) is 0 Å². The lowest BCUT2D eigenvalue weighted by Gasteiger charge is -2.14. The Labute approximate surface area is 141 Å². The maximum atomic E-state index is 14.3. The summed E-state index contributed by atoms with van der Waals surface area (Å²) in [5, 5.41) is 2.61. The zero-order chi connectivity index (χ0) is 18.0. The molecule has 0 spiro atoms. The molecule has 2 heterocycles. The fourth-order valence-electron chi connectivity index (χ4n) is 2.45. The molecule has 0 unspecified atom stereocenters. The predicted octanol–water partition coefficient (Wildman–Crippen LogP) is 4.35. The average molecular weight is 350 g/mol. The molecule has 0 fully saturated rings. The molecule has 0 aliphatic rings. The van der Waals surface area contributed by atoms with Gasteiger partial charge in [-0.2, -0.15) is 13.2 Å². The van der Waals surface area contributed by atoms with E-state index in [-0.39, 0.29) is 12.4 Å². The molecule has 8 heteroatoms. The minimum absolute atomic E-state index is 0.0141. The van der Waals surface area contributed by atoms with E-state index in [1.54, 1.807) is 36.0 Å². The molecule has 1 aromatic carbocycles. The van der Waals surface area contributed by atoms with Gasteiger partial charge in [0.05, 0.1) is 11.3 Å². The summed E-state index contributed by atoms with van der Waals surface area (Å²) in [7, 11) is 0. The maximum absolute atomic E-state index is 14.3. The van der Waals surface area contributed by atoms with Crippen LogP contribution in [0.25, 0.3) is 5.69 Å². The van der Waals surface area contributed by atoms with Gasteiger partial charge in [-0.1, -0.05) is 6.07 Å². The monoisotopic (exact) mass is 350 g/mol. The van der Waals surface area contributed by atoms with Crippen molar-refractivity contribution >= 4 is 5.82 Å². The van der Waals surface area contributed by atoms with Crippen molar-refractivity contribution in [3.8, 4) is 5.69 Å². The van der Waals surface area contributed by atoms with Crippen LogP contribution in [0.1, 0.15) is 17.0 Å². The Morgan fingerprint density at radius 1 is 1.12 bits per heavy atom.